The average Bonchev–Trinajstić information content (AvgIpc) is 3.66. The number of ether oxygens (including phenoxy) is 1. The van der Waals surface area contributed by atoms with Crippen molar-refractivity contribution < 1.29 is 19.4 Å². The van der Waals surface area contributed by atoms with Crippen LogP contribution in [0.15, 0.2) is 72.8 Å². The van der Waals surface area contributed by atoms with E-state index >= 15 is 0 Å². The first-order valence-electron chi connectivity index (χ1n) is 14.0. The van der Waals surface area contributed by atoms with Gasteiger partial charge >= 0.3 is 5.97 Å². The molecule has 1 aliphatic rings. The molecule has 9 nitrogen and oxygen atoms in total. The van der Waals surface area contributed by atoms with Crippen LogP contribution in [0.2, 0.25) is 0 Å². The summed E-state index contributed by atoms with van der Waals surface area (Å²) in [5, 5.41) is 22.8. The third-order valence-corrected chi connectivity index (χ3v) is 9.34. The molecular formula is C33H27N5O4S2. The zero-order valence-corrected chi connectivity index (χ0v) is 25.2. The lowest BCUT2D eigenvalue weighted by molar-refractivity contribution is 0.0690. The fraction of sp³-hybridized carbons (Fsp3) is 0.182. The van der Waals surface area contributed by atoms with Crippen molar-refractivity contribution in [1.82, 2.24) is 9.97 Å². The van der Waals surface area contributed by atoms with Crippen molar-refractivity contribution in [3.05, 3.63) is 106 Å². The number of hydrogen-bond donors (Lipinski definition) is 2. The van der Waals surface area contributed by atoms with E-state index in [-0.39, 0.29) is 11.6 Å². The van der Waals surface area contributed by atoms with Crippen LogP contribution < -0.4 is 15.0 Å². The number of para-hydroxylation sites is 1. The predicted octanol–water partition coefficient (Wildman–Crippen LogP) is 6.81. The van der Waals surface area contributed by atoms with E-state index in [1.807, 2.05) is 77.7 Å². The average molecular weight is 622 g/mol. The van der Waals surface area contributed by atoms with Crippen LogP contribution in [-0.2, 0) is 19.4 Å². The second kappa shape index (κ2) is 13.1. The number of fused-ring (bicyclic) bond motifs is 2. The van der Waals surface area contributed by atoms with Crippen molar-refractivity contribution >= 4 is 61.1 Å². The smallest absolute Gasteiger partial charge is 0.355 e. The van der Waals surface area contributed by atoms with E-state index in [0.29, 0.717) is 65.4 Å². The SMILES string of the molecule is N#C/C=C/c1cccc(OCCCc2sc(N3CCc4cccc(C(=O)Nc5nc6ccccc6s5)c4C3)nc2C(=O)O)c1. The molecule has 0 atom stereocenters. The van der Waals surface area contributed by atoms with E-state index in [1.54, 1.807) is 6.08 Å². The highest BCUT2D eigenvalue weighted by Gasteiger charge is 2.26. The molecule has 3 aromatic carbocycles. The summed E-state index contributed by atoms with van der Waals surface area (Å²) in [6, 6.07) is 22.9. The van der Waals surface area contributed by atoms with E-state index in [0.717, 1.165) is 26.9 Å². The molecule has 2 N–H and O–H groups in total. The molecule has 0 unspecified atom stereocenters. The molecule has 6 rings (SSSR count). The summed E-state index contributed by atoms with van der Waals surface area (Å²) in [5.74, 6) is -0.599. The van der Waals surface area contributed by atoms with Gasteiger partial charge in [-0.25, -0.2) is 14.8 Å². The number of nitrogens with one attached hydrogen (secondary N) is 1. The Balaban J connectivity index is 1.13. The van der Waals surface area contributed by atoms with Gasteiger partial charge in [0, 0.05) is 29.6 Å². The van der Waals surface area contributed by atoms with Crippen molar-refractivity contribution in [3.8, 4) is 11.8 Å². The van der Waals surface area contributed by atoms with Crippen LogP contribution in [0, 0.1) is 11.3 Å². The number of rotatable bonds is 10. The molecule has 0 fully saturated rings. The van der Waals surface area contributed by atoms with Gasteiger partial charge in [0.15, 0.2) is 16.0 Å². The predicted molar refractivity (Wildman–Crippen MR) is 173 cm³/mol. The number of carboxylic acids is 1. The Kier molecular flexibility index (Phi) is 8.63. The first-order valence-corrected chi connectivity index (χ1v) is 15.7. The zero-order chi connectivity index (χ0) is 30.5. The molecule has 11 heteroatoms. The van der Waals surface area contributed by atoms with E-state index in [4.69, 9.17) is 10.00 Å². The van der Waals surface area contributed by atoms with Gasteiger partial charge in [-0.15, -0.1) is 11.3 Å². The highest BCUT2D eigenvalue weighted by molar-refractivity contribution is 7.22. The first-order chi connectivity index (χ1) is 21.5. The molecule has 0 saturated heterocycles. The largest absolute Gasteiger partial charge is 0.494 e. The number of aromatic carboxylic acids is 1. The van der Waals surface area contributed by atoms with E-state index < -0.39 is 5.97 Å². The zero-order valence-electron chi connectivity index (χ0n) is 23.5. The lowest BCUT2D eigenvalue weighted by Crippen LogP contribution is -2.32. The number of thiazole rings is 2. The van der Waals surface area contributed by atoms with Crippen LogP contribution >= 0.6 is 22.7 Å². The van der Waals surface area contributed by atoms with Gasteiger partial charge in [0.05, 0.1) is 22.9 Å². The quantitative estimate of drug-likeness (QED) is 0.129. The molecule has 2 aromatic heterocycles. The summed E-state index contributed by atoms with van der Waals surface area (Å²) in [6.45, 7) is 1.52. The molecule has 0 bridgehead atoms. The second-order valence-corrected chi connectivity index (χ2v) is 12.2. The van der Waals surface area contributed by atoms with E-state index in [1.165, 1.54) is 28.7 Å². The van der Waals surface area contributed by atoms with Gasteiger partial charge in [0.1, 0.15) is 5.75 Å². The Hall–Kier alpha value is -5.05. The third kappa shape index (κ3) is 6.46. The molecule has 220 valence electrons. The summed E-state index contributed by atoms with van der Waals surface area (Å²) in [6.07, 6.45) is 4.95. The molecule has 0 radical (unpaired) electrons. The van der Waals surface area contributed by atoms with Gasteiger partial charge in [-0.1, -0.05) is 47.7 Å². The topological polar surface area (TPSA) is 128 Å². The van der Waals surface area contributed by atoms with Crippen LogP contribution in [0.1, 0.15) is 48.8 Å². The number of benzene rings is 3. The number of anilines is 2. The number of nitriles is 1. The van der Waals surface area contributed by atoms with Crippen LogP contribution in [0.3, 0.4) is 0 Å². The maximum atomic E-state index is 13.4. The second-order valence-electron chi connectivity index (χ2n) is 10.1. The maximum absolute atomic E-state index is 13.4. The number of aromatic nitrogens is 2. The van der Waals surface area contributed by atoms with Crippen LogP contribution in [0.5, 0.6) is 5.75 Å². The minimum absolute atomic E-state index is 0.0568. The Labute approximate surface area is 261 Å². The molecule has 3 heterocycles. The lowest BCUT2D eigenvalue weighted by Gasteiger charge is -2.29. The molecule has 1 aliphatic heterocycles. The number of carboxylic acid groups (broad SMARTS) is 1. The van der Waals surface area contributed by atoms with E-state index in [9.17, 15) is 14.7 Å². The fourth-order valence-electron chi connectivity index (χ4n) is 5.12. The summed E-state index contributed by atoms with van der Waals surface area (Å²) >= 11 is 2.81. The maximum Gasteiger partial charge on any atom is 0.355 e. The third-order valence-electron chi connectivity index (χ3n) is 7.22. The Morgan fingerprint density at radius 3 is 2.80 bits per heavy atom. The molecule has 5 aromatic rings. The number of carbonyl (C=O) groups excluding carboxylic acids is 1. The molecule has 0 saturated carbocycles. The van der Waals surface area contributed by atoms with Gasteiger partial charge in [0.2, 0.25) is 0 Å². The number of nitrogens with zero attached hydrogens (tertiary/aromatic N) is 4. The Morgan fingerprint density at radius 1 is 1.09 bits per heavy atom. The number of hydrogen-bond acceptors (Lipinski definition) is 9. The highest BCUT2D eigenvalue weighted by Crippen LogP contribution is 2.33. The molecule has 0 spiro atoms. The van der Waals surface area contributed by atoms with Crippen molar-refractivity contribution in [3.63, 3.8) is 0 Å². The van der Waals surface area contributed by atoms with Gasteiger partial charge in [-0.3, -0.25) is 10.1 Å². The molecule has 1 amide bonds. The normalized spacial score (nSPS) is 12.7. The number of allylic oxidation sites excluding steroid dienone is 1. The van der Waals surface area contributed by atoms with Crippen molar-refractivity contribution in [1.29, 1.82) is 5.26 Å². The van der Waals surface area contributed by atoms with Gasteiger partial charge in [-0.2, -0.15) is 5.26 Å². The minimum atomic E-state index is -1.06. The van der Waals surface area contributed by atoms with Crippen LogP contribution in [-0.4, -0.2) is 40.1 Å². The lowest BCUT2D eigenvalue weighted by atomic mass is 9.94. The monoisotopic (exact) mass is 621 g/mol. The van der Waals surface area contributed by atoms with Crippen LogP contribution in [0.4, 0.5) is 10.3 Å². The van der Waals surface area contributed by atoms with Crippen molar-refractivity contribution in [2.45, 2.75) is 25.8 Å². The standard InChI is InChI=1S/C33H27N5O4S2/c34-16-5-8-21-7-3-10-23(19-21)42-18-6-14-28-29(31(40)41)36-33(44-28)38-17-15-22-9-4-11-24(25(22)20-38)30(39)37-32-35-26-12-1-2-13-27(26)43-32/h1-5,7-13,19H,6,14-15,17-18,20H2,(H,40,41)(H,35,37,39)/b8-5+. The number of carbonyl (C=O) groups is 2. The van der Waals surface area contributed by atoms with Crippen molar-refractivity contribution in [2.24, 2.45) is 0 Å². The number of amides is 1. The molecule has 44 heavy (non-hydrogen) atoms. The van der Waals surface area contributed by atoms with Gasteiger partial charge < -0.3 is 14.7 Å². The fourth-order valence-corrected chi connectivity index (χ4v) is 7.10. The summed E-state index contributed by atoms with van der Waals surface area (Å²) in [7, 11) is 0. The summed E-state index contributed by atoms with van der Waals surface area (Å²) < 4.78 is 6.88. The highest BCUT2D eigenvalue weighted by atomic mass is 32.1. The summed E-state index contributed by atoms with van der Waals surface area (Å²) in [4.78, 5) is 37.3. The van der Waals surface area contributed by atoms with E-state index in [2.05, 4.69) is 15.3 Å². The molecular weight excluding hydrogens is 595 g/mol. The van der Waals surface area contributed by atoms with Crippen LogP contribution in [0.25, 0.3) is 16.3 Å². The Bertz CT molecular complexity index is 1890. The first kappa shape index (κ1) is 29.0. The van der Waals surface area contributed by atoms with Gasteiger partial charge in [0.25, 0.3) is 5.91 Å². The van der Waals surface area contributed by atoms with Crippen molar-refractivity contribution in [2.75, 3.05) is 23.4 Å². The summed E-state index contributed by atoms with van der Waals surface area (Å²) in [5.41, 5.74) is 4.34. The Morgan fingerprint density at radius 2 is 1.95 bits per heavy atom. The minimum Gasteiger partial charge on any atom is -0.494 e. The van der Waals surface area contributed by atoms with Gasteiger partial charge in [-0.05, 0) is 72.4 Å². The number of aryl methyl sites for hydroxylation is 1. The molecule has 0 aliphatic carbocycles.